The van der Waals surface area contributed by atoms with Gasteiger partial charge in [0.1, 0.15) is 5.58 Å². The molecule has 94 valence electrons. The van der Waals surface area contributed by atoms with E-state index >= 15 is 0 Å². The molecule has 0 saturated carbocycles. The monoisotopic (exact) mass is 247 g/mol. The van der Waals surface area contributed by atoms with Crippen molar-refractivity contribution in [2.24, 2.45) is 0 Å². The Bertz CT molecular complexity index is 640. The van der Waals surface area contributed by atoms with Crippen LogP contribution in [-0.4, -0.2) is 31.5 Å². The topological polar surface area (TPSA) is 70.8 Å². The summed E-state index contributed by atoms with van der Waals surface area (Å²) >= 11 is 0. The number of benzene rings is 1. The third-order valence-electron chi connectivity index (χ3n) is 2.91. The predicted molar refractivity (Wildman–Crippen MR) is 67.6 cm³/mol. The van der Waals surface area contributed by atoms with E-state index in [1.165, 1.54) is 0 Å². The normalized spacial score (nSPS) is 10.6. The number of aromatic carboxylic acids is 1. The number of carbonyl (C=O) groups excluding carboxylic acids is 1. The molecular formula is C13H13NO4. The number of carboxylic acid groups (broad SMARTS) is 1. The van der Waals surface area contributed by atoms with Crippen molar-refractivity contribution >= 4 is 28.9 Å². The van der Waals surface area contributed by atoms with Crippen LogP contribution < -0.4 is 4.90 Å². The minimum atomic E-state index is -1.13. The van der Waals surface area contributed by atoms with E-state index in [9.17, 15) is 9.59 Å². The van der Waals surface area contributed by atoms with Crippen molar-refractivity contribution < 1.29 is 19.1 Å². The van der Waals surface area contributed by atoms with Crippen LogP contribution >= 0.6 is 0 Å². The molecule has 0 spiro atoms. The molecule has 1 aromatic carbocycles. The second-order valence-electron chi connectivity index (χ2n) is 4.25. The molecule has 0 saturated heterocycles. The molecular weight excluding hydrogens is 234 g/mol. The van der Waals surface area contributed by atoms with Crippen molar-refractivity contribution in [3.8, 4) is 0 Å². The molecule has 0 aliphatic heterocycles. The molecule has 0 aliphatic carbocycles. The summed E-state index contributed by atoms with van der Waals surface area (Å²) in [5, 5.41) is 9.58. The molecule has 0 amide bonds. The number of fused-ring (bicyclic) bond motifs is 1. The van der Waals surface area contributed by atoms with Gasteiger partial charge < -0.3 is 14.4 Å². The number of hydrogen-bond donors (Lipinski definition) is 1. The lowest BCUT2D eigenvalue weighted by Gasteiger charge is -2.15. The summed E-state index contributed by atoms with van der Waals surface area (Å²) in [6.45, 7) is 1.64. The molecule has 0 aliphatic rings. The SMILES string of the molecule is Cc1c(C(=O)O)oc2ccc(N(C)C)c(C=O)c12. The largest absolute Gasteiger partial charge is 0.475 e. The summed E-state index contributed by atoms with van der Waals surface area (Å²) in [7, 11) is 3.64. The van der Waals surface area contributed by atoms with Crippen LogP contribution in [0.15, 0.2) is 16.5 Å². The van der Waals surface area contributed by atoms with Gasteiger partial charge in [0, 0.05) is 36.3 Å². The molecule has 0 atom stereocenters. The third-order valence-corrected chi connectivity index (χ3v) is 2.91. The predicted octanol–water partition coefficient (Wildman–Crippen LogP) is 2.32. The van der Waals surface area contributed by atoms with Crippen LogP contribution in [0.25, 0.3) is 11.0 Å². The van der Waals surface area contributed by atoms with Gasteiger partial charge >= 0.3 is 5.97 Å². The van der Waals surface area contributed by atoms with Gasteiger partial charge in [-0.15, -0.1) is 0 Å². The fourth-order valence-electron chi connectivity index (χ4n) is 2.07. The molecule has 5 heteroatoms. The zero-order valence-corrected chi connectivity index (χ0v) is 10.4. The lowest BCUT2D eigenvalue weighted by atomic mass is 10.0. The molecule has 2 rings (SSSR count). The zero-order valence-electron chi connectivity index (χ0n) is 10.4. The highest BCUT2D eigenvalue weighted by Gasteiger charge is 2.20. The van der Waals surface area contributed by atoms with Gasteiger partial charge in [0.25, 0.3) is 0 Å². The zero-order chi connectivity index (χ0) is 13.4. The molecule has 0 bridgehead atoms. The minimum absolute atomic E-state index is 0.121. The summed E-state index contributed by atoms with van der Waals surface area (Å²) in [5.41, 5.74) is 2.07. The molecule has 1 aromatic heterocycles. The van der Waals surface area contributed by atoms with Crippen LogP contribution in [-0.2, 0) is 0 Å². The minimum Gasteiger partial charge on any atom is -0.475 e. The van der Waals surface area contributed by atoms with Crippen LogP contribution in [0.2, 0.25) is 0 Å². The van der Waals surface area contributed by atoms with Crippen molar-refractivity contribution in [2.45, 2.75) is 6.92 Å². The van der Waals surface area contributed by atoms with Crippen LogP contribution in [0.3, 0.4) is 0 Å². The maximum Gasteiger partial charge on any atom is 0.372 e. The summed E-state index contributed by atoms with van der Waals surface area (Å²) in [4.78, 5) is 24.1. The number of anilines is 1. The van der Waals surface area contributed by atoms with Crippen LogP contribution in [0.1, 0.15) is 26.5 Å². The highest BCUT2D eigenvalue weighted by molar-refractivity contribution is 6.06. The van der Waals surface area contributed by atoms with Gasteiger partial charge in [-0.3, -0.25) is 4.79 Å². The Morgan fingerprint density at radius 2 is 2.06 bits per heavy atom. The Hall–Kier alpha value is -2.30. The molecule has 1 heterocycles. The number of furan rings is 1. The number of carboxylic acids is 1. The van der Waals surface area contributed by atoms with Crippen molar-refractivity contribution in [1.82, 2.24) is 0 Å². The molecule has 1 N–H and O–H groups in total. The molecule has 5 nitrogen and oxygen atoms in total. The first-order chi connectivity index (χ1) is 8.47. The van der Waals surface area contributed by atoms with E-state index in [-0.39, 0.29) is 5.76 Å². The van der Waals surface area contributed by atoms with Gasteiger partial charge in [0.2, 0.25) is 5.76 Å². The van der Waals surface area contributed by atoms with E-state index in [2.05, 4.69) is 0 Å². The lowest BCUT2D eigenvalue weighted by Crippen LogP contribution is -2.11. The van der Waals surface area contributed by atoms with E-state index in [0.29, 0.717) is 22.1 Å². The molecule has 0 unspecified atom stereocenters. The van der Waals surface area contributed by atoms with Gasteiger partial charge in [-0.25, -0.2) is 4.79 Å². The molecule has 0 radical (unpaired) electrons. The Morgan fingerprint density at radius 1 is 1.39 bits per heavy atom. The van der Waals surface area contributed by atoms with Crippen LogP contribution in [0.5, 0.6) is 0 Å². The third kappa shape index (κ3) is 1.64. The van der Waals surface area contributed by atoms with Gasteiger partial charge in [0.15, 0.2) is 6.29 Å². The maximum atomic E-state index is 11.3. The van der Waals surface area contributed by atoms with Crippen molar-refractivity contribution in [3.63, 3.8) is 0 Å². The smallest absolute Gasteiger partial charge is 0.372 e. The first kappa shape index (κ1) is 12.2. The number of aldehydes is 1. The summed E-state index contributed by atoms with van der Waals surface area (Å²) in [5.74, 6) is -1.25. The van der Waals surface area contributed by atoms with Crippen molar-refractivity contribution in [2.75, 3.05) is 19.0 Å². The quantitative estimate of drug-likeness (QED) is 0.843. The van der Waals surface area contributed by atoms with E-state index in [1.807, 2.05) is 14.1 Å². The van der Waals surface area contributed by atoms with E-state index < -0.39 is 5.97 Å². The average Bonchev–Trinajstić information content (AvgIpc) is 2.65. The number of aryl methyl sites for hydroxylation is 1. The number of carbonyl (C=O) groups is 2. The Balaban J connectivity index is 2.88. The summed E-state index contributed by atoms with van der Waals surface area (Å²) in [6, 6.07) is 3.41. The highest BCUT2D eigenvalue weighted by Crippen LogP contribution is 2.32. The molecule has 2 aromatic rings. The van der Waals surface area contributed by atoms with Gasteiger partial charge in [-0.1, -0.05) is 0 Å². The second kappa shape index (κ2) is 4.18. The van der Waals surface area contributed by atoms with Crippen molar-refractivity contribution in [3.05, 3.63) is 29.0 Å². The van der Waals surface area contributed by atoms with Gasteiger partial charge in [0.05, 0.1) is 0 Å². The first-order valence-electron chi connectivity index (χ1n) is 5.39. The van der Waals surface area contributed by atoms with E-state index in [4.69, 9.17) is 9.52 Å². The lowest BCUT2D eigenvalue weighted by molar-refractivity contribution is 0.0663. The fraction of sp³-hybridized carbons (Fsp3) is 0.231. The van der Waals surface area contributed by atoms with Crippen LogP contribution in [0, 0.1) is 6.92 Å². The van der Waals surface area contributed by atoms with Gasteiger partial charge in [-0.05, 0) is 19.1 Å². The number of rotatable bonds is 3. The van der Waals surface area contributed by atoms with Gasteiger partial charge in [-0.2, -0.15) is 0 Å². The standard InChI is InChI=1S/C13H13NO4/c1-7-11-8(6-15)9(14(2)3)4-5-10(11)18-12(7)13(16)17/h4-6H,1-3H3,(H,16,17). The first-order valence-corrected chi connectivity index (χ1v) is 5.39. The van der Waals surface area contributed by atoms with E-state index in [0.717, 1.165) is 12.0 Å². The average molecular weight is 247 g/mol. The molecule has 0 fully saturated rings. The maximum absolute atomic E-state index is 11.3. The van der Waals surface area contributed by atoms with Crippen molar-refractivity contribution in [1.29, 1.82) is 0 Å². The fourth-order valence-corrected chi connectivity index (χ4v) is 2.07. The number of hydrogen-bond acceptors (Lipinski definition) is 4. The Kier molecular flexibility index (Phi) is 2.82. The van der Waals surface area contributed by atoms with Crippen LogP contribution in [0.4, 0.5) is 5.69 Å². The highest BCUT2D eigenvalue weighted by atomic mass is 16.4. The Labute approximate surface area is 104 Å². The second-order valence-corrected chi connectivity index (χ2v) is 4.25. The number of nitrogens with zero attached hydrogens (tertiary/aromatic N) is 1. The Morgan fingerprint density at radius 3 is 2.56 bits per heavy atom. The summed E-state index contributed by atoms with van der Waals surface area (Å²) < 4.78 is 5.26. The summed E-state index contributed by atoms with van der Waals surface area (Å²) in [6.07, 6.45) is 0.728. The van der Waals surface area contributed by atoms with E-state index in [1.54, 1.807) is 24.0 Å². The molecule has 18 heavy (non-hydrogen) atoms.